The molecule has 2 rings (SSSR count). The lowest BCUT2D eigenvalue weighted by Gasteiger charge is -2.38. The van der Waals surface area contributed by atoms with E-state index < -0.39 is 23.6 Å². The van der Waals surface area contributed by atoms with Crippen molar-refractivity contribution in [1.82, 2.24) is 4.90 Å². The van der Waals surface area contributed by atoms with Gasteiger partial charge >= 0.3 is 18.0 Å². The van der Waals surface area contributed by atoms with Crippen LogP contribution in [0.15, 0.2) is 24.3 Å². The molecule has 0 aromatic heterocycles. The van der Waals surface area contributed by atoms with Gasteiger partial charge < -0.3 is 19.5 Å². The van der Waals surface area contributed by atoms with Crippen LogP contribution in [-0.4, -0.2) is 53.3 Å². The van der Waals surface area contributed by atoms with E-state index in [0.29, 0.717) is 18.5 Å². The van der Waals surface area contributed by atoms with E-state index in [1.807, 2.05) is 0 Å². The fourth-order valence-electron chi connectivity index (χ4n) is 3.22. The van der Waals surface area contributed by atoms with E-state index in [9.17, 15) is 19.5 Å². The molecule has 7 heteroatoms. The summed E-state index contributed by atoms with van der Waals surface area (Å²) in [6, 6.07) is 6.48. The minimum atomic E-state index is -1.04. The third kappa shape index (κ3) is 5.45. The number of hydrogen-bond donors (Lipinski definition) is 1. The second-order valence-corrected chi connectivity index (χ2v) is 7.61. The molecular weight excluding hydrogens is 350 g/mol. The Labute approximate surface area is 159 Å². The molecule has 0 aliphatic carbocycles. The van der Waals surface area contributed by atoms with Crippen LogP contribution in [0.2, 0.25) is 0 Å². The molecule has 1 aliphatic heterocycles. The summed E-state index contributed by atoms with van der Waals surface area (Å²) in [7, 11) is 0. The van der Waals surface area contributed by atoms with Crippen molar-refractivity contribution < 1.29 is 29.0 Å². The summed E-state index contributed by atoms with van der Waals surface area (Å²) in [5.74, 6) is -2.16. The number of nitrogens with zero attached hydrogens (tertiary/aromatic N) is 1. The Bertz CT molecular complexity index is 709. The standard InChI is InChI=1S/C20H27NO6/c1-5-26-18(24)15-9-10-21(19(25)27-20(2,3)4)12-16(15)13-7-6-8-14(11-13)17(22)23/h6-8,11,15-16H,5,9-10,12H2,1-4H3,(H,22,23)/t15-,16+/m1/s1. The maximum Gasteiger partial charge on any atom is 0.410 e. The summed E-state index contributed by atoms with van der Waals surface area (Å²) < 4.78 is 10.6. The SMILES string of the molecule is CCOC(=O)[C@@H]1CCN(C(=O)OC(C)(C)C)C[C@H]1c1cccc(C(=O)O)c1. The number of amides is 1. The Kier molecular flexibility index (Phi) is 6.46. The van der Waals surface area contributed by atoms with Gasteiger partial charge in [0.25, 0.3) is 0 Å². The molecule has 1 amide bonds. The number of aromatic carboxylic acids is 1. The van der Waals surface area contributed by atoms with Crippen LogP contribution in [0.4, 0.5) is 4.79 Å². The number of carboxylic acids is 1. The monoisotopic (exact) mass is 377 g/mol. The maximum absolute atomic E-state index is 12.5. The number of ether oxygens (including phenoxy) is 2. The summed E-state index contributed by atoms with van der Waals surface area (Å²) in [6.07, 6.45) is -0.00996. The number of piperidine rings is 1. The molecule has 7 nitrogen and oxygen atoms in total. The van der Waals surface area contributed by atoms with Crippen LogP contribution >= 0.6 is 0 Å². The molecule has 1 N–H and O–H groups in total. The van der Waals surface area contributed by atoms with Crippen LogP contribution in [0.1, 0.15) is 56.0 Å². The lowest BCUT2D eigenvalue weighted by Crippen LogP contribution is -2.47. The van der Waals surface area contributed by atoms with E-state index in [2.05, 4.69) is 0 Å². The Morgan fingerprint density at radius 3 is 2.56 bits per heavy atom. The molecule has 1 aliphatic rings. The average molecular weight is 377 g/mol. The summed E-state index contributed by atoms with van der Waals surface area (Å²) in [4.78, 5) is 37.8. The lowest BCUT2D eigenvalue weighted by atomic mass is 9.80. The van der Waals surface area contributed by atoms with Gasteiger partial charge in [0, 0.05) is 19.0 Å². The first-order valence-electron chi connectivity index (χ1n) is 9.10. The number of esters is 1. The summed E-state index contributed by atoms with van der Waals surface area (Å²) >= 11 is 0. The predicted molar refractivity (Wildman–Crippen MR) is 98.7 cm³/mol. The molecule has 1 saturated heterocycles. The number of carbonyl (C=O) groups excluding carboxylic acids is 2. The smallest absolute Gasteiger partial charge is 0.410 e. The summed E-state index contributed by atoms with van der Waals surface area (Å²) in [6.45, 7) is 8.05. The third-order valence-corrected chi connectivity index (χ3v) is 4.42. The largest absolute Gasteiger partial charge is 0.478 e. The number of likely N-dealkylation sites (tertiary alicyclic amines) is 1. The maximum atomic E-state index is 12.5. The van der Waals surface area contributed by atoms with E-state index in [0.717, 1.165) is 0 Å². The van der Waals surface area contributed by atoms with Gasteiger partial charge in [-0.05, 0) is 51.8 Å². The van der Waals surface area contributed by atoms with Crippen molar-refractivity contribution in [3.63, 3.8) is 0 Å². The van der Waals surface area contributed by atoms with Crippen molar-refractivity contribution in [3.05, 3.63) is 35.4 Å². The van der Waals surface area contributed by atoms with Crippen LogP contribution in [0.5, 0.6) is 0 Å². The average Bonchev–Trinajstić information content (AvgIpc) is 2.60. The molecule has 0 saturated carbocycles. The molecule has 27 heavy (non-hydrogen) atoms. The van der Waals surface area contributed by atoms with Gasteiger partial charge in [-0.3, -0.25) is 4.79 Å². The van der Waals surface area contributed by atoms with Gasteiger partial charge in [0.1, 0.15) is 5.60 Å². The summed E-state index contributed by atoms with van der Waals surface area (Å²) in [5, 5.41) is 9.26. The van der Waals surface area contributed by atoms with E-state index in [-0.39, 0.29) is 30.6 Å². The molecular formula is C20H27NO6. The molecule has 0 radical (unpaired) electrons. The van der Waals surface area contributed by atoms with Crippen molar-refractivity contribution in [2.45, 2.75) is 45.6 Å². The van der Waals surface area contributed by atoms with Crippen molar-refractivity contribution in [3.8, 4) is 0 Å². The third-order valence-electron chi connectivity index (χ3n) is 4.42. The second kappa shape index (κ2) is 8.41. The zero-order chi connectivity index (χ0) is 20.2. The van der Waals surface area contributed by atoms with Crippen molar-refractivity contribution in [2.75, 3.05) is 19.7 Å². The van der Waals surface area contributed by atoms with Gasteiger partial charge in [-0.15, -0.1) is 0 Å². The molecule has 1 heterocycles. The van der Waals surface area contributed by atoms with Crippen LogP contribution in [0.3, 0.4) is 0 Å². The highest BCUT2D eigenvalue weighted by atomic mass is 16.6. The molecule has 148 valence electrons. The molecule has 1 aromatic rings. The summed E-state index contributed by atoms with van der Waals surface area (Å²) in [5.41, 5.74) is 0.221. The van der Waals surface area contributed by atoms with Crippen LogP contribution in [0.25, 0.3) is 0 Å². The number of hydrogen-bond acceptors (Lipinski definition) is 5. The molecule has 0 bridgehead atoms. The fourth-order valence-corrected chi connectivity index (χ4v) is 3.22. The highest BCUT2D eigenvalue weighted by Gasteiger charge is 2.39. The number of rotatable bonds is 4. The molecule has 2 atom stereocenters. The topological polar surface area (TPSA) is 93.1 Å². The Morgan fingerprint density at radius 2 is 1.96 bits per heavy atom. The van der Waals surface area contributed by atoms with Crippen LogP contribution < -0.4 is 0 Å². The van der Waals surface area contributed by atoms with Gasteiger partial charge in [0.2, 0.25) is 0 Å². The first-order chi connectivity index (χ1) is 12.6. The number of benzene rings is 1. The number of carboxylic acid groups (broad SMARTS) is 1. The van der Waals surface area contributed by atoms with Crippen LogP contribution in [0, 0.1) is 5.92 Å². The van der Waals surface area contributed by atoms with Crippen molar-refractivity contribution >= 4 is 18.0 Å². The Hall–Kier alpha value is -2.57. The fraction of sp³-hybridized carbons (Fsp3) is 0.550. The van der Waals surface area contributed by atoms with E-state index >= 15 is 0 Å². The van der Waals surface area contributed by atoms with Gasteiger partial charge in [0.05, 0.1) is 18.1 Å². The lowest BCUT2D eigenvalue weighted by molar-refractivity contribution is -0.150. The second-order valence-electron chi connectivity index (χ2n) is 7.61. The molecule has 0 spiro atoms. The van der Waals surface area contributed by atoms with Gasteiger partial charge in [-0.2, -0.15) is 0 Å². The van der Waals surface area contributed by atoms with Crippen LogP contribution in [-0.2, 0) is 14.3 Å². The van der Waals surface area contributed by atoms with Crippen molar-refractivity contribution in [1.29, 1.82) is 0 Å². The Morgan fingerprint density at radius 1 is 1.26 bits per heavy atom. The van der Waals surface area contributed by atoms with Gasteiger partial charge in [-0.1, -0.05) is 12.1 Å². The molecule has 1 fully saturated rings. The molecule has 0 unspecified atom stereocenters. The minimum Gasteiger partial charge on any atom is -0.478 e. The normalized spacial score (nSPS) is 20.1. The van der Waals surface area contributed by atoms with E-state index in [4.69, 9.17) is 9.47 Å². The molecule has 1 aromatic carbocycles. The number of carbonyl (C=O) groups is 3. The zero-order valence-electron chi connectivity index (χ0n) is 16.2. The first-order valence-corrected chi connectivity index (χ1v) is 9.10. The Balaban J connectivity index is 2.30. The van der Waals surface area contributed by atoms with Gasteiger partial charge in [-0.25, -0.2) is 9.59 Å². The minimum absolute atomic E-state index is 0.143. The first kappa shape index (κ1) is 20.7. The highest BCUT2D eigenvalue weighted by molar-refractivity contribution is 5.88. The highest BCUT2D eigenvalue weighted by Crippen LogP contribution is 2.34. The van der Waals surface area contributed by atoms with E-state index in [1.54, 1.807) is 50.8 Å². The van der Waals surface area contributed by atoms with Crippen molar-refractivity contribution in [2.24, 2.45) is 5.92 Å². The quantitative estimate of drug-likeness (QED) is 0.810. The van der Waals surface area contributed by atoms with E-state index in [1.165, 1.54) is 6.07 Å². The predicted octanol–water partition coefficient (Wildman–Crippen LogP) is 3.29. The zero-order valence-corrected chi connectivity index (χ0v) is 16.2. The van der Waals surface area contributed by atoms with Gasteiger partial charge in [0.15, 0.2) is 0 Å².